The molecule has 0 unspecified atom stereocenters. The first-order valence-corrected chi connectivity index (χ1v) is 8.65. The van der Waals surface area contributed by atoms with Crippen molar-refractivity contribution in [3.05, 3.63) is 47.8 Å². The van der Waals surface area contributed by atoms with Crippen molar-refractivity contribution >= 4 is 37.1 Å². The Morgan fingerprint density at radius 1 is 0.792 bits per heavy atom. The topological polar surface area (TPSA) is 84.0 Å². The van der Waals surface area contributed by atoms with E-state index in [4.69, 9.17) is 0 Å². The van der Waals surface area contributed by atoms with Gasteiger partial charge in [0.25, 0.3) is 11.8 Å². The number of aromatic nitrogens is 2. The first-order valence-electron chi connectivity index (χ1n) is 7.38. The van der Waals surface area contributed by atoms with E-state index < -0.39 is 0 Å². The summed E-state index contributed by atoms with van der Waals surface area (Å²) in [7, 11) is 0. The van der Waals surface area contributed by atoms with E-state index in [9.17, 15) is 9.59 Å². The van der Waals surface area contributed by atoms with Crippen molar-refractivity contribution in [1.82, 2.24) is 20.6 Å². The van der Waals surface area contributed by atoms with Crippen molar-refractivity contribution in [2.75, 3.05) is 24.6 Å². The van der Waals surface area contributed by atoms with Crippen LogP contribution >= 0.6 is 25.3 Å². The molecule has 0 bridgehead atoms. The third-order valence-electron chi connectivity index (χ3n) is 3.02. The number of rotatable bonds is 7. The van der Waals surface area contributed by atoms with E-state index in [2.05, 4.69) is 45.9 Å². The third-order valence-corrected chi connectivity index (χ3v) is 3.47. The minimum absolute atomic E-state index is 0.270. The van der Waals surface area contributed by atoms with E-state index in [1.165, 1.54) is 0 Å². The molecule has 126 valence electrons. The second kappa shape index (κ2) is 9.29. The molecule has 2 aromatic heterocycles. The molecule has 0 saturated carbocycles. The molecule has 0 radical (unpaired) electrons. The predicted molar refractivity (Wildman–Crippen MR) is 99.8 cm³/mol. The molecule has 2 rings (SSSR count). The monoisotopic (exact) mass is 362 g/mol. The van der Waals surface area contributed by atoms with Crippen molar-refractivity contribution in [2.24, 2.45) is 0 Å². The maximum absolute atomic E-state index is 12.0. The second-order valence-corrected chi connectivity index (χ2v) is 5.67. The van der Waals surface area contributed by atoms with Gasteiger partial charge in [0.2, 0.25) is 0 Å². The Kier molecular flexibility index (Phi) is 7.07. The zero-order chi connectivity index (χ0) is 17.4. The highest BCUT2D eigenvalue weighted by molar-refractivity contribution is 7.80. The molecule has 0 aromatic carbocycles. The first kappa shape index (κ1) is 18.3. The zero-order valence-electron chi connectivity index (χ0n) is 12.9. The molecular weight excluding hydrogens is 344 g/mol. The van der Waals surface area contributed by atoms with Gasteiger partial charge in [-0.05, 0) is 24.3 Å². The number of nitrogens with one attached hydrogen (secondary N) is 2. The number of nitrogens with zero attached hydrogens (tertiary/aromatic N) is 2. The number of hydrogen-bond acceptors (Lipinski definition) is 6. The smallest absolute Gasteiger partial charge is 0.269 e. The first-order chi connectivity index (χ1) is 11.7. The molecule has 2 aromatic rings. The van der Waals surface area contributed by atoms with E-state index >= 15 is 0 Å². The number of carbonyl (C=O) groups excluding carboxylic acids is 2. The van der Waals surface area contributed by atoms with Gasteiger partial charge < -0.3 is 10.6 Å². The van der Waals surface area contributed by atoms with Crippen molar-refractivity contribution in [3.8, 4) is 11.4 Å². The van der Waals surface area contributed by atoms with E-state index in [0.29, 0.717) is 47.4 Å². The minimum Gasteiger partial charge on any atom is -0.350 e. The summed E-state index contributed by atoms with van der Waals surface area (Å²) in [5, 5.41) is 5.42. The molecular formula is C16H18N4O2S2. The van der Waals surface area contributed by atoms with Crippen LogP contribution < -0.4 is 10.6 Å². The van der Waals surface area contributed by atoms with Gasteiger partial charge in [-0.25, -0.2) is 9.97 Å². The molecule has 0 aliphatic heterocycles. The molecule has 0 fully saturated rings. The molecule has 6 nitrogen and oxygen atoms in total. The summed E-state index contributed by atoms with van der Waals surface area (Å²) in [5.41, 5.74) is 1.64. The van der Waals surface area contributed by atoms with Crippen molar-refractivity contribution in [2.45, 2.75) is 0 Å². The van der Waals surface area contributed by atoms with Gasteiger partial charge in [-0.3, -0.25) is 9.59 Å². The van der Waals surface area contributed by atoms with Crippen LogP contribution in [-0.2, 0) is 0 Å². The van der Waals surface area contributed by atoms with Gasteiger partial charge in [-0.1, -0.05) is 12.1 Å². The van der Waals surface area contributed by atoms with Crippen LogP contribution in [0.25, 0.3) is 11.4 Å². The fourth-order valence-corrected chi connectivity index (χ4v) is 2.15. The molecule has 2 heterocycles. The maximum atomic E-state index is 12.0. The highest BCUT2D eigenvalue weighted by Gasteiger charge is 2.11. The SMILES string of the molecule is O=C(NCCS)c1cccc(-c2cccc(C(=O)NCCS)n2)n1. The Hall–Kier alpha value is -2.06. The Balaban J connectivity index is 2.22. The van der Waals surface area contributed by atoms with Crippen LogP contribution in [0.4, 0.5) is 0 Å². The maximum Gasteiger partial charge on any atom is 0.269 e. The van der Waals surface area contributed by atoms with Gasteiger partial charge in [-0.15, -0.1) is 0 Å². The summed E-state index contributed by atoms with van der Waals surface area (Å²) in [6, 6.07) is 10.2. The predicted octanol–water partition coefficient (Wildman–Crippen LogP) is 1.46. The van der Waals surface area contributed by atoms with E-state index in [1.54, 1.807) is 36.4 Å². The third kappa shape index (κ3) is 4.97. The molecule has 2 amide bonds. The second-order valence-electron chi connectivity index (χ2n) is 4.78. The molecule has 0 saturated heterocycles. The number of carbonyl (C=O) groups is 2. The number of pyridine rings is 2. The van der Waals surface area contributed by atoms with Crippen LogP contribution in [-0.4, -0.2) is 46.4 Å². The van der Waals surface area contributed by atoms with Crippen LogP contribution in [0, 0.1) is 0 Å². The fraction of sp³-hybridized carbons (Fsp3) is 0.250. The van der Waals surface area contributed by atoms with E-state index in [0.717, 1.165) is 0 Å². The summed E-state index contributed by atoms with van der Waals surface area (Å²) >= 11 is 8.10. The van der Waals surface area contributed by atoms with Gasteiger partial charge in [-0.2, -0.15) is 25.3 Å². The molecule has 2 N–H and O–H groups in total. The fourth-order valence-electron chi connectivity index (χ4n) is 1.93. The normalized spacial score (nSPS) is 10.2. The van der Waals surface area contributed by atoms with Crippen LogP contribution in [0.5, 0.6) is 0 Å². The Bertz CT molecular complexity index is 663. The summed E-state index contributed by atoms with van der Waals surface area (Å²) in [4.78, 5) is 32.6. The number of hydrogen-bond donors (Lipinski definition) is 4. The Morgan fingerprint density at radius 3 is 1.58 bits per heavy atom. The summed E-state index contributed by atoms with van der Waals surface area (Å²) < 4.78 is 0. The lowest BCUT2D eigenvalue weighted by Gasteiger charge is -2.07. The Morgan fingerprint density at radius 2 is 1.21 bits per heavy atom. The Labute approximate surface area is 151 Å². The average molecular weight is 362 g/mol. The lowest BCUT2D eigenvalue weighted by atomic mass is 10.2. The highest BCUT2D eigenvalue weighted by Crippen LogP contribution is 2.15. The van der Waals surface area contributed by atoms with Crippen molar-refractivity contribution in [1.29, 1.82) is 0 Å². The van der Waals surface area contributed by atoms with E-state index in [-0.39, 0.29) is 11.8 Å². The molecule has 0 atom stereocenters. The quantitative estimate of drug-likeness (QED) is 0.562. The number of amides is 2. The molecule has 0 aliphatic rings. The van der Waals surface area contributed by atoms with Gasteiger partial charge in [0.05, 0.1) is 11.4 Å². The molecule has 0 aliphatic carbocycles. The summed E-state index contributed by atoms with van der Waals surface area (Å²) in [6.07, 6.45) is 0. The lowest BCUT2D eigenvalue weighted by Crippen LogP contribution is -2.26. The van der Waals surface area contributed by atoms with Gasteiger partial charge in [0.1, 0.15) is 11.4 Å². The molecule has 8 heteroatoms. The number of thiol groups is 2. The largest absolute Gasteiger partial charge is 0.350 e. The average Bonchev–Trinajstić information content (AvgIpc) is 2.64. The summed E-state index contributed by atoms with van der Waals surface area (Å²) in [5.74, 6) is 0.564. The highest BCUT2D eigenvalue weighted by atomic mass is 32.1. The van der Waals surface area contributed by atoms with Gasteiger partial charge in [0, 0.05) is 24.6 Å². The van der Waals surface area contributed by atoms with Gasteiger partial charge in [0.15, 0.2) is 0 Å². The van der Waals surface area contributed by atoms with Crippen molar-refractivity contribution in [3.63, 3.8) is 0 Å². The van der Waals surface area contributed by atoms with Gasteiger partial charge >= 0.3 is 0 Å². The molecule has 24 heavy (non-hydrogen) atoms. The molecule has 0 spiro atoms. The standard InChI is InChI=1S/C16H18N4O2S2/c21-15(17-7-9-23)13-5-1-3-11(19-13)12-4-2-6-14(20-12)16(22)18-8-10-24/h1-6,23-24H,7-10H2,(H,17,21)(H,18,22). The van der Waals surface area contributed by atoms with Crippen molar-refractivity contribution < 1.29 is 9.59 Å². The lowest BCUT2D eigenvalue weighted by molar-refractivity contribution is 0.0943. The minimum atomic E-state index is -0.270. The summed E-state index contributed by atoms with van der Waals surface area (Å²) in [6.45, 7) is 0.930. The van der Waals surface area contributed by atoms with Crippen LogP contribution in [0.3, 0.4) is 0 Å². The zero-order valence-corrected chi connectivity index (χ0v) is 14.7. The van der Waals surface area contributed by atoms with Crippen LogP contribution in [0.2, 0.25) is 0 Å². The van der Waals surface area contributed by atoms with Crippen LogP contribution in [0.1, 0.15) is 21.0 Å². The van der Waals surface area contributed by atoms with Crippen LogP contribution in [0.15, 0.2) is 36.4 Å². The van der Waals surface area contributed by atoms with E-state index in [1.807, 2.05) is 0 Å².